The molecule has 2 aromatic rings. The average molecular weight is 465 g/mol. The van der Waals surface area contributed by atoms with Gasteiger partial charge in [0.2, 0.25) is 11.9 Å². The van der Waals surface area contributed by atoms with Gasteiger partial charge in [0, 0.05) is 5.69 Å². The number of anilines is 1. The normalized spacial score (nSPS) is 10.9. The smallest absolute Gasteiger partial charge is 0.275 e. The van der Waals surface area contributed by atoms with Crippen LogP contribution in [0, 0.1) is 6.92 Å². The molecule has 1 amide bonds. The lowest BCUT2D eigenvalue weighted by molar-refractivity contribution is -0.122. The molecule has 0 aliphatic carbocycles. The van der Waals surface area contributed by atoms with Crippen LogP contribution < -0.4 is 27.1 Å². The molecule has 6 N–H and O–H groups in total. The molecule has 1 heterocycles. The summed E-state index contributed by atoms with van der Waals surface area (Å²) in [5.41, 5.74) is 11.0. The standard InChI is InChI=1S/C20H28N6O5S/c1-3-4-15-6-8-16(9-7-15)32(29,30)25-17-10-5-14(2)26(19(17)28)13-18(27)23-11-12-31-24-20(21)22/h5-10,25H,3-4,11-13H2,1-2H3,(H,23,27)(H4,21,22,24). The van der Waals surface area contributed by atoms with Gasteiger partial charge in [-0.15, -0.1) is 0 Å². The number of rotatable bonds is 11. The van der Waals surface area contributed by atoms with Crippen LogP contribution in [0.1, 0.15) is 24.6 Å². The number of carbonyl (C=O) groups excluding carboxylic acids is 1. The van der Waals surface area contributed by atoms with Crippen LogP contribution in [0.2, 0.25) is 0 Å². The summed E-state index contributed by atoms with van der Waals surface area (Å²) in [6.45, 7) is 3.53. The predicted molar refractivity (Wildman–Crippen MR) is 121 cm³/mol. The van der Waals surface area contributed by atoms with Crippen LogP contribution >= 0.6 is 0 Å². The van der Waals surface area contributed by atoms with Crippen molar-refractivity contribution in [2.75, 3.05) is 17.9 Å². The number of hydrogen-bond donors (Lipinski definition) is 4. The van der Waals surface area contributed by atoms with Crippen molar-refractivity contribution in [3.05, 3.63) is 58.0 Å². The summed E-state index contributed by atoms with van der Waals surface area (Å²) < 4.78 is 28.9. The SMILES string of the molecule is CCCc1ccc(S(=O)(=O)Nc2ccc(C)n(CC(=O)NCCON=C(N)N)c2=O)cc1. The summed E-state index contributed by atoms with van der Waals surface area (Å²) in [5.74, 6) is -0.704. The number of guanidine groups is 1. The second kappa shape index (κ2) is 11.2. The Morgan fingerprint density at radius 3 is 2.47 bits per heavy atom. The summed E-state index contributed by atoms with van der Waals surface area (Å²) in [5, 5.41) is 5.87. The van der Waals surface area contributed by atoms with Gasteiger partial charge in [-0.25, -0.2) is 8.42 Å². The Kier molecular flexibility index (Phi) is 8.64. The van der Waals surface area contributed by atoms with Crippen LogP contribution in [0.3, 0.4) is 0 Å². The van der Waals surface area contributed by atoms with Crippen molar-refractivity contribution < 1.29 is 18.0 Å². The molecule has 0 saturated heterocycles. The van der Waals surface area contributed by atoms with E-state index in [1.165, 1.54) is 22.8 Å². The summed E-state index contributed by atoms with van der Waals surface area (Å²) in [7, 11) is -3.97. The third-order valence-electron chi connectivity index (χ3n) is 4.40. The molecule has 2 rings (SSSR count). The van der Waals surface area contributed by atoms with Crippen molar-refractivity contribution in [2.45, 2.75) is 38.1 Å². The Labute approximate surface area is 186 Å². The van der Waals surface area contributed by atoms with Gasteiger partial charge in [0.25, 0.3) is 15.6 Å². The van der Waals surface area contributed by atoms with E-state index in [1.807, 2.05) is 6.92 Å². The van der Waals surface area contributed by atoms with Gasteiger partial charge < -0.3 is 26.2 Å². The van der Waals surface area contributed by atoms with Gasteiger partial charge in [-0.1, -0.05) is 25.5 Å². The molecule has 0 atom stereocenters. The summed E-state index contributed by atoms with van der Waals surface area (Å²) in [6.07, 6.45) is 1.79. The molecule has 0 saturated carbocycles. The molecule has 0 aliphatic heterocycles. The molecule has 0 radical (unpaired) electrons. The first-order valence-corrected chi connectivity index (χ1v) is 11.4. The maximum absolute atomic E-state index is 12.8. The first kappa shape index (κ1) is 24.7. The minimum atomic E-state index is -3.97. The van der Waals surface area contributed by atoms with E-state index in [0.717, 1.165) is 18.4 Å². The lowest BCUT2D eigenvalue weighted by atomic mass is 10.1. The largest absolute Gasteiger partial charge is 0.391 e. The number of pyridine rings is 1. The van der Waals surface area contributed by atoms with Gasteiger partial charge in [0.15, 0.2) is 0 Å². The number of oxime groups is 1. The third-order valence-corrected chi connectivity index (χ3v) is 5.78. The fourth-order valence-corrected chi connectivity index (χ4v) is 3.89. The second-order valence-electron chi connectivity index (χ2n) is 6.98. The van der Waals surface area contributed by atoms with E-state index < -0.39 is 21.5 Å². The predicted octanol–water partition coefficient (Wildman–Crippen LogP) is 0.231. The zero-order valence-electron chi connectivity index (χ0n) is 18.0. The molecule has 0 spiro atoms. The van der Waals surface area contributed by atoms with Crippen molar-refractivity contribution in [3.63, 3.8) is 0 Å². The van der Waals surface area contributed by atoms with Crippen molar-refractivity contribution >= 4 is 27.6 Å². The summed E-state index contributed by atoms with van der Waals surface area (Å²) in [6, 6.07) is 9.41. The minimum Gasteiger partial charge on any atom is -0.391 e. The van der Waals surface area contributed by atoms with Gasteiger partial charge in [-0.2, -0.15) is 0 Å². The number of aromatic nitrogens is 1. The third kappa shape index (κ3) is 7.01. The molecule has 0 fully saturated rings. The van der Waals surface area contributed by atoms with E-state index >= 15 is 0 Å². The topological polar surface area (TPSA) is 171 Å². The zero-order valence-corrected chi connectivity index (χ0v) is 18.8. The second-order valence-corrected chi connectivity index (χ2v) is 8.66. The Balaban J connectivity index is 2.11. The molecule has 0 aliphatic rings. The van der Waals surface area contributed by atoms with Crippen molar-refractivity contribution in [1.29, 1.82) is 0 Å². The molecule has 174 valence electrons. The van der Waals surface area contributed by atoms with Gasteiger partial charge in [0.05, 0.1) is 11.4 Å². The highest BCUT2D eigenvalue weighted by Crippen LogP contribution is 2.15. The molecule has 0 unspecified atom stereocenters. The van der Waals surface area contributed by atoms with Crippen LogP contribution in [0.4, 0.5) is 5.69 Å². The number of nitrogens with two attached hydrogens (primary N) is 2. The molecule has 0 bridgehead atoms. The van der Waals surface area contributed by atoms with E-state index in [9.17, 15) is 18.0 Å². The van der Waals surface area contributed by atoms with E-state index in [-0.39, 0.29) is 36.2 Å². The van der Waals surface area contributed by atoms with Gasteiger partial charge in [-0.3, -0.25) is 14.3 Å². The Morgan fingerprint density at radius 1 is 1.16 bits per heavy atom. The van der Waals surface area contributed by atoms with Crippen LogP contribution in [0.5, 0.6) is 0 Å². The lowest BCUT2D eigenvalue weighted by Crippen LogP contribution is -2.36. The van der Waals surface area contributed by atoms with Crippen LogP contribution in [-0.2, 0) is 32.6 Å². The number of sulfonamides is 1. The summed E-state index contributed by atoms with van der Waals surface area (Å²) in [4.78, 5) is 29.8. The first-order chi connectivity index (χ1) is 15.1. The average Bonchev–Trinajstić information content (AvgIpc) is 2.73. The number of aryl methyl sites for hydroxylation is 2. The zero-order chi connectivity index (χ0) is 23.7. The van der Waals surface area contributed by atoms with Crippen LogP contribution in [-0.4, -0.2) is 38.0 Å². The van der Waals surface area contributed by atoms with Crippen molar-refractivity contribution in [2.24, 2.45) is 16.6 Å². The summed E-state index contributed by atoms with van der Waals surface area (Å²) >= 11 is 0. The number of hydrogen-bond acceptors (Lipinski definition) is 6. The van der Waals surface area contributed by atoms with Crippen LogP contribution in [0.25, 0.3) is 0 Å². The maximum atomic E-state index is 12.8. The van der Waals surface area contributed by atoms with Gasteiger partial charge in [-0.05, 0) is 48.3 Å². The minimum absolute atomic E-state index is 0.0361. The number of carbonyl (C=O) groups is 1. The molecular formula is C20H28N6O5S. The van der Waals surface area contributed by atoms with Crippen LogP contribution in [0.15, 0.2) is 51.2 Å². The quantitative estimate of drug-likeness (QED) is 0.159. The fraction of sp³-hybridized carbons (Fsp3) is 0.350. The highest BCUT2D eigenvalue weighted by atomic mass is 32.2. The molecular weight excluding hydrogens is 436 g/mol. The Hall–Kier alpha value is -3.54. The fourth-order valence-electron chi connectivity index (χ4n) is 2.83. The first-order valence-electron chi connectivity index (χ1n) is 9.94. The highest BCUT2D eigenvalue weighted by molar-refractivity contribution is 7.92. The van der Waals surface area contributed by atoms with E-state index in [2.05, 4.69) is 15.2 Å². The number of nitrogens with one attached hydrogen (secondary N) is 2. The lowest BCUT2D eigenvalue weighted by Gasteiger charge is -2.13. The molecule has 11 nitrogen and oxygen atoms in total. The molecule has 12 heteroatoms. The van der Waals surface area contributed by atoms with Gasteiger partial charge >= 0.3 is 0 Å². The van der Waals surface area contributed by atoms with Gasteiger partial charge in [0.1, 0.15) is 18.8 Å². The Morgan fingerprint density at radius 2 is 1.84 bits per heavy atom. The number of benzene rings is 1. The van der Waals surface area contributed by atoms with E-state index in [0.29, 0.717) is 5.69 Å². The van der Waals surface area contributed by atoms with E-state index in [4.69, 9.17) is 16.3 Å². The number of amides is 1. The Bertz CT molecular complexity index is 1120. The molecule has 1 aromatic carbocycles. The molecule has 1 aromatic heterocycles. The number of nitrogens with zero attached hydrogens (tertiary/aromatic N) is 2. The van der Waals surface area contributed by atoms with Crippen molar-refractivity contribution in [3.8, 4) is 0 Å². The maximum Gasteiger partial charge on any atom is 0.275 e. The van der Waals surface area contributed by atoms with Crippen molar-refractivity contribution in [1.82, 2.24) is 9.88 Å². The van der Waals surface area contributed by atoms with E-state index in [1.54, 1.807) is 25.1 Å². The monoisotopic (exact) mass is 464 g/mol. The molecule has 32 heavy (non-hydrogen) atoms. The highest BCUT2D eigenvalue weighted by Gasteiger charge is 2.18.